The minimum Gasteiger partial charge on any atom is -0.493 e. The van der Waals surface area contributed by atoms with Crippen LogP contribution < -0.4 is 20.2 Å². The van der Waals surface area contributed by atoms with Crippen LogP contribution in [-0.4, -0.2) is 25.5 Å². The Morgan fingerprint density at radius 3 is 2.46 bits per heavy atom. The molecule has 2 aromatic rings. The second-order valence-electron chi connectivity index (χ2n) is 4.63. The summed E-state index contributed by atoms with van der Waals surface area (Å²) in [5.41, 5.74) is 4.94. The van der Waals surface area contributed by atoms with Gasteiger partial charge in [-0.05, 0) is 42.0 Å². The molecule has 6 nitrogen and oxygen atoms in total. The Morgan fingerprint density at radius 1 is 1.12 bits per heavy atom. The van der Waals surface area contributed by atoms with Crippen molar-refractivity contribution in [1.29, 1.82) is 5.26 Å². The number of nitrogens with zero attached hydrogens (tertiary/aromatic N) is 2. The first-order valence-electron chi connectivity index (χ1n) is 6.98. The molecule has 122 valence electrons. The largest absolute Gasteiger partial charge is 0.493 e. The van der Waals surface area contributed by atoms with E-state index in [0.717, 1.165) is 11.3 Å². The van der Waals surface area contributed by atoms with Crippen molar-refractivity contribution in [2.45, 2.75) is 0 Å². The van der Waals surface area contributed by atoms with Crippen molar-refractivity contribution in [2.24, 2.45) is 5.10 Å². The fourth-order valence-electron chi connectivity index (χ4n) is 1.88. The summed E-state index contributed by atoms with van der Waals surface area (Å²) in [5, 5.41) is 16.1. The summed E-state index contributed by atoms with van der Waals surface area (Å²) in [6.45, 7) is 0. The van der Waals surface area contributed by atoms with E-state index in [0.29, 0.717) is 22.2 Å². The van der Waals surface area contributed by atoms with Crippen LogP contribution in [0, 0.1) is 11.3 Å². The summed E-state index contributed by atoms with van der Waals surface area (Å²) in [6, 6.07) is 14.5. The van der Waals surface area contributed by atoms with Gasteiger partial charge >= 0.3 is 0 Å². The van der Waals surface area contributed by atoms with E-state index in [2.05, 4.69) is 21.9 Å². The molecule has 0 aliphatic carbocycles. The number of methoxy groups -OCH3 is 2. The van der Waals surface area contributed by atoms with E-state index in [1.54, 1.807) is 56.8 Å². The van der Waals surface area contributed by atoms with Crippen LogP contribution in [0.4, 0.5) is 5.69 Å². The van der Waals surface area contributed by atoms with Gasteiger partial charge in [0.1, 0.15) is 0 Å². The summed E-state index contributed by atoms with van der Waals surface area (Å²) in [7, 11) is 3.15. The zero-order valence-corrected chi connectivity index (χ0v) is 14.1. The lowest BCUT2D eigenvalue weighted by Gasteiger charge is -2.11. The van der Waals surface area contributed by atoms with E-state index in [9.17, 15) is 0 Å². The SMILES string of the molecule is COc1ccc(NC(=S)N/N=C\c2ccc(C#N)cc2)cc1OC. The summed E-state index contributed by atoms with van der Waals surface area (Å²) in [6.07, 6.45) is 1.61. The van der Waals surface area contributed by atoms with Gasteiger partial charge in [-0.1, -0.05) is 12.1 Å². The molecule has 0 fully saturated rings. The number of ether oxygens (including phenoxy) is 2. The minimum absolute atomic E-state index is 0.340. The number of rotatable bonds is 5. The predicted octanol–water partition coefficient (Wildman–Crippen LogP) is 2.90. The van der Waals surface area contributed by atoms with Crippen LogP contribution in [0.1, 0.15) is 11.1 Å². The highest BCUT2D eigenvalue weighted by Crippen LogP contribution is 2.29. The van der Waals surface area contributed by atoms with Crippen molar-refractivity contribution in [3.63, 3.8) is 0 Å². The molecule has 7 heteroatoms. The van der Waals surface area contributed by atoms with Crippen LogP contribution >= 0.6 is 12.2 Å². The quantitative estimate of drug-likeness (QED) is 0.495. The molecule has 0 aliphatic rings. The van der Waals surface area contributed by atoms with Gasteiger partial charge in [-0.25, -0.2) is 0 Å². The maximum Gasteiger partial charge on any atom is 0.191 e. The zero-order chi connectivity index (χ0) is 17.4. The lowest BCUT2D eigenvalue weighted by molar-refractivity contribution is 0.355. The van der Waals surface area contributed by atoms with Crippen LogP contribution in [0.25, 0.3) is 0 Å². The van der Waals surface area contributed by atoms with E-state index >= 15 is 0 Å². The van der Waals surface area contributed by atoms with Crippen molar-refractivity contribution in [2.75, 3.05) is 19.5 Å². The number of hydrogen-bond donors (Lipinski definition) is 2. The van der Waals surface area contributed by atoms with Crippen molar-refractivity contribution in [3.8, 4) is 17.6 Å². The second kappa shape index (κ2) is 8.50. The third kappa shape index (κ3) is 4.69. The molecule has 0 atom stereocenters. The number of hydrazone groups is 1. The van der Waals surface area contributed by atoms with Crippen LogP contribution in [0.2, 0.25) is 0 Å². The van der Waals surface area contributed by atoms with Crippen molar-refractivity contribution >= 4 is 29.2 Å². The maximum absolute atomic E-state index is 8.75. The number of hydrogen-bond acceptors (Lipinski definition) is 5. The summed E-state index contributed by atoms with van der Waals surface area (Å²) >= 11 is 5.18. The highest BCUT2D eigenvalue weighted by Gasteiger charge is 2.05. The van der Waals surface area contributed by atoms with Crippen LogP contribution in [0.3, 0.4) is 0 Å². The second-order valence-corrected chi connectivity index (χ2v) is 5.04. The van der Waals surface area contributed by atoms with Crippen molar-refractivity contribution < 1.29 is 9.47 Å². The van der Waals surface area contributed by atoms with E-state index in [4.69, 9.17) is 27.0 Å². The average Bonchev–Trinajstić information content (AvgIpc) is 2.62. The zero-order valence-electron chi connectivity index (χ0n) is 13.2. The Balaban J connectivity index is 1.93. The molecule has 0 aliphatic heterocycles. The van der Waals surface area contributed by atoms with Gasteiger partial charge in [0, 0.05) is 11.8 Å². The minimum atomic E-state index is 0.340. The van der Waals surface area contributed by atoms with E-state index in [-0.39, 0.29) is 0 Å². The molecule has 0 heterocycles. The molecule has 0 radical (unpaired) electrons. The lowest BCUT2D eigenvalue weighted by Crippen LogP contribution is -2.23. The molecule has 0 amide bonds. The third-order valence-electron chi connectivity index (χ3n) is 3.06. The first-order valence-corrected chi connectivity index (χ1v) is 7.39. The monoisotopic (exact) mass is 340 g/mol. The number of nitrogens with one attached hydrogen (secondary N) is 2. The first kappa shape index (κ1) is 17.2. The molecular formula is C17H16N4O2S. The summed E-state index contributed by atoms with van der Waals surface area (Å²) < 4.78 is 10.4. The Hall–Kier alpha value is -3.11. The molecule has 0 saturated heterocycles. The van der Waals surface area contributed by atoms with Crippen molar-refractivity contribution in [3.05, 3.63) is 53.6 Å². The van der Waals surface area contributed by atoms with Gasteiger partial charge in [-0.3, -0.25) is 5.43 Å². The van der Waals surface area contributed by atoms with E-state index in [1.165, 1.54) is 0 Å². The molecule has 0 unspecified atom stereocenters. The molecule has 0 saturated carbocycles. The Kier molecular flexibility index (Phi) is 6.11. The standard InChI is InChI=1S/C17H16N4O2S/c1-22-15-8-7-14(9-16(15)23-2)20-17(24)21-19-11-13-5-3-12(10-18)4-6-13/h3-9,11H,1-2H3,(H2,20,21,24)/b19-11-. The normalized spacial score (nSPS) is 10.0. The topological polar surface area (TPSA) is 78.7 Å². The van der Waals surface area contributed by atoms with Crippen LogP contribution in [0.5, 0.6) is 11.5 Å². The molecule has 24 heavy (non-hydrogen) atoms. The van der Waals surface area contributed by atoms with E-state index in [1.807, 2.05) is 6.07 Å². The number of benzene rings is 2. The van der Waals surface area contributed by atoms with Gasteiger partial charge in [0.05, 0.1) is 32.1 Å². The Labute approximate surface area is 145 Å². The van der Waals surface area contributed by atoms with Gasteiger partial charge in [-0.2, -0.15) is 10.4 Å². The molecule has 2 aromatic carbocycles. The van der Waals surface area contributed by atoms with Crippen LogP contribution in [0.15, 0.2) is 47.6 Å². The fourth-order valence-corrected chi connectivity index (χ4v) is 2.05. The van der Waals surface area contributed by atoms with Gasteiger partial charge in [0.15, 0.2) is 16.6 Å². The van der Waals surface area contributed by atoms with Crippen LogP contribution in [-0.2, 0) is 0 Å². The van der Waals surface area contributed by atoms with Gasteiger partial charge in [0.25, 0.3) is 0 Å². The van der Waals surface area contributed by atoms with E-state index < -0.39 is 0 Å². The van der Waals surface area contributed by atoms with Gasteiger partial charge < -0.3 is 14.8 Å². The lowest BCUT2D eigenvalue weighted by atomic mass is 10.2. The average molecular weight is 340 g/mol. The Bertz CT molecular complexity index is 782. The Morgan fingerprint density at radius 2 is 1.83 bits per heavy atom. The van der Waals surface area contributed by atoms with Gasteiger partial charge in [-0.15, -0.1) is 0 Å². The first-order chi connectivity index (χ1) is 11.7. The molecule has 2 N–H and O–H groups in total. The summed E-state index contributed by atoms with van der Waals surface area (Å²) in [4.78, 5) is 0. The van der Waals surface area contributed by atoms with Gasteiger partial charge in [0.2, 0.25) is 0 Å². The van der Waals surface area contributed by atoms with Crippen molar-refractivity contribution in [1.82, 2.24) is 5.43 Å². The smallest absolute Gasteiger partial charge is 0.191 e. The number of anilines is 1. The molecule has 0 spiro atoms. The highest BCUT2D eigenvalue weighted by atomic mass is 32.1. The summed E-state index contributed by atoms with van der Waals surface area (Å²) in [5.74, 6) is 1.24. The fraction of sp³-hybridized carbons (Fsp3) is 0.118. The third-order valence-corrected chi connectivity index (χ3v) is 3.25. The predicted molar refractivity (Wildman–Crippen MR) is 97.7 cm³/mol. The number of nitriles is 1. The maximum atomic E-state index is 8.75. The molecule has 0 bridgehead atoms. The molecular weight excluding hydrogens is 324 g/mol. The number of thiocarbonyl (C=S) groups is 1. The molecule has 0 aromatic heterocycles. The highest BCUT2D eigenvalue weighted by molar-refractivity contribution is 7.80. The molecule has 2 rings (SSSR count).